The zero-order chi connectivity index (χ0) is 15.7. The van der Waals surface area contributed by atoms with Crippen LogP contribution in [0.2, 0.25) is 0 Å². The van der Waals surface area contributed by atoms with Gasteiger partial charge in [0.15, 0.2) is 11.6 Å². The highest BCUT2D eigenvalue weighted by Crippen LogP contribution is 2.33. The molecule has 0 saturated heterocycles. The molecule has 1 aliphatic rings. The van der Waals surface area contributed by atoms with Crippen molar-refractivity contribution < 1.29 is 13.5 Å². The van der Waals surface area contributed by atoms with E-state index in [1.54, 1.807) is 0 Å². The van der Waals surface area contributed by atoms with Gasteiger partial charge in [0.05, 0.1) is 6.04 Å². The molecule has 0 aliphatic carbocycles. The van der Waals surface area contributed by atoms with Gasteiger partial charge in [-0.2, -0.15) is 0 Å². The number of benzene rings is 1. The van der Waals surface area contributed by atoms with Crippen molar-refractivity contribution in [3.05, 3.63) is 47.0 Å². The molecule has 0 bridgehead atoms. The fourth-order valence-electron chi connectivity index (χ4n) is 3.02. The number of aryl methyl sites for hydroxylation is 1. The number of likely N-dealkylation sites (N-methyl/N-ethyl adjacent to an activating group) is 1. The largest absolute Gasteiger partial charge is 0.488 e. The zero-order valence-corrected chi connectivity index (χ0v) is 13.9. The molecule has 0 radical (unpaired) electrons. The second-order valence-corrected chi connectivity index (χ2v) is 5.57. The Labute approximate surface area is 140 Å². The molecule has 1 aromatic carbocycles. The first-order chi connectivity index (χ1) is 10.6. The van der Waals surface area contributed by atoms with Gasteiger partial charge >= 0.3 is 0 Å². The predicted molar refractivity (Wildman–Crippen MR) is 86.4 cm³/mol. The van der Waals surface area contributed by atoms with E-state index in [9.17, 15) is 8.78 Å². The third-order valence-electron chi connectivity index (χ3n) is 4.02. The summed E-state index contributed by atoms with van der Waals surface area (Å²) in [7, 11) is 1.90. The first kappa shape index (κ1) is 17.7. The molecule has 2 heterocycles. The molecule has 1 aliphatic heterocycles. The maximum atomic E-state index is 13.7. The van der Waals surface area contributed by atoms with E-state index in [-0.39, 0.29) is 24.2 Å². The normalized spacial score (nSPS) is 16.4. The van der Waals surface area contributed by atoms with E-state index in [2.05, 4.69) is 14.9 Å². The molecule has 1 N–H and O–H groups in total. The average Bonchev–Trinajstić information content (AvgIpc) is 2.85. The molecule has 2 aromatic rings. The minimum absolute atomic E-state index is 0. The number of aromatic nitrogens is 2. The molecule has 126 valence electrons. The second-order valence-electron chi connectivity index (χ2n) is 5.57. The van der Waals surface area contributed by atoms with Crippen molar-refractivity contribution >= 4 is 12.4 Å². The number of halogens is 3. The molecule has 3 rings (SSSR count). The molecular weight excluding hydrogens is 324 g/mol. The third-order valence-corrected chi connectivity index (χ3v) is 4.02. The van der Waals surface area contributed by atoms with Crippen LogP contribution in [-0.2, 0) is 12.8 Å². The van der Waals surface area contributed by atoms with E-state index in [0.717, 1.165) is 30.6 Å². The Morgan fingerprint density at radius 3 is 2.91 bits per heavy atom. The van der Waals surface area contributed by atoms with Crippen LogP contribution in [0.25, 0.3) is 0 Å². The number of imidazole rings is 1. The van der Waals surface area contributed by atoms with Crippen molar-refractivity contribution in [1.82, 2.24) is 14.9 Å². The van der Waals surface area contributed by atoms with E-state index >= 15 is 0 Å². The van der Waals surface area contributed by atoms with Crippen molar-refractivity contribution in [2.24, 2.45) is 0 Å². The van der Waals surface area contributed by atoms with E-state index in [0.29, 0.717) is 18.6 Å². The van der Waals surface area contributed by atoms with Gasteiger partial charge in [-0.15, -0.1) is 12.4 Å². The molecule has 7 heteroatoms. The molecule has 0 amide bonds. The lowest BCUT2D eigenvalue weighted by molar-refractivity contribution is 0.209. The monoisotopic (exact) mass is 343 g/mol. The van der Waals surface area contributed by atoms with E-state index in [1.165, 1.54) is 6.07 Å². The van der Waals surface area contributed by atoms with Crippen LogP contribution >= 0.6 is 12.4 Å². The summed E-state index contributed by atoms with van der Waals surface area (Å²) in [6, 6.07) is 2.22. The fourth-order valence-corrected chi connectivity index (χ4v) is 3.02. The minimum Gasteiger partial charge on any atom is -0.488 e. The van der Waals surface area contributed by atoms with Crippen LogP contribution < -0.4 is 10.1 Å². The summed E-state index contributed by atoms with van der Waals surface area (Å²) < 4.78 is 34.8. The number of fused-ring (bicyclic) bond motifs is 1. The standard InChI is InChI=1S/C16H19F2N3O.ClH/c1-10-20-8-13(3-4-19-2)21(10)14-6-11-5-12(17)7-15(18)16(11)22-9-14;/h5,7-8,14,19H,3-4,6,9H2,1-2H3;1H/t14-;/m1./s1. The first-order valence-electron chi connectivity index (χ1n) is 7.38. The maximum absolute atomic E-state index is 13.7. The number of ether oxygens (including phenoxy) is 1. The van der Waals surface area contributed by atoms with Gasteiger partial charge in [0.25, 0.3) is 0 Å². The van der Waals surface area contributed by atoms with Gasteiger partial charge in [0.2, 0.25) is 0 Å². The SMILES string of the molecule is CNCCc1cnc(C)n1[C@H]1COc2c(F)cc(F)cc2C1.Cl. The number of hydrogen-bond donors (Lipinski definition) is 1. The number of rotatable bonds is 4. The van der Waals surface area contributed by atoms with Gasteiger partial charge in [-0.05, 0) is 20.0 Å². The molecule has 1 aromatic heterocycles. The van der Waals surface area contributed by atoms with Gasteiger partial charge in [0, 0.05) is 42.9 Å². The lowest BCUT2D eigenvalue weighted by Gasteiger charge is -2.28. The quantitative estimate of drug-likeness (QED) is 0.928. The summed E-state index contributed by atoms with van der Waals surface area (Å²) in [6.45, 7) is 3.14. The Bertz CT molecular complexity index is 690. The third kappa shape index (κ3) is 3.48. The highest BCUT2D eigenvalue weighted by molar-refractivity contribution is 5.85. The fraction of sp³-hybridized carbons (Fsp3) is 0.438. The molecular formula is C16H20ClF2N3O. The molecule has 4 nitrogen and oxygen atoms in total. The summed E-state index contributed by atoms with van der Waals surface area (Å²) in [5.74, 6) is -0.142. The molecule has 0 spiro atoms. The summed E-state index contributed by atoms with van der Waals surface area (Å²) >= 11 is 0. The van der Waals surface area contributed by atoms with Crippen LogP contribution in [0, 0.1) is 18.6 Å². The highest BCUT2D eigenvalue weighted by Gasteiger charge is 2.26. The Morgan fingerprint density at radius 1 is 1.39 bits per heavy atom. The van der Waals surface area contributed by atoms with Crippen molar-refractivity contribution in [3.8, 4) is 5.75 Å². The molecule has 0 unspecified atom stereocenters. The topological polar surface area (TPSA) is 39.1 Å². The van der Waals surface area contributed by atoms with E-state index in [1.807, 2.05) is 20.2 Å². The molecule has 0 fully saturated rings. The number of hydrogen-bond acceptors (Lipinski definition) is 3. The lowest BCUT2D eigenvalue weighted by atomic mass is 10.0. The van der Waals surface area contributed by atoms with Crippen LogP contribution in [0.5, 0.6) is 5.75 Å². The van der Waals surface area contributed by atoms with E-state index in [4.69, 9.17) is 4.74 Å². The summed E-state index contributed by atoms with van der Waals surface area (Å²) in [5.41, 5.74) is 1.67. The molecule has 0 saturated carbocycles. The van der Waals surface area contributed by atoms with Gasteiger partial charge in [-0.1, -0.05) is 0 Å². The minimum atomic E-state index is -0.633. The average molecular weight is 344 g/mol. The summed E-state index contributed by atoms with van der Waals surface area (Å²) in [4.78, 5) is 4.37. The Morgan fingerprint density at radius 2 is 2.17 bits per heavy atom. The lowest BCUT2D eigenvalue weighted by Crippen LogP contribution is -2.28. The van der Waals surface area contributed by atoms with Crippen LogP contribution in [0.1, 0.15) is 23.1 Å². The molecule has 1 atom stereocenters. The number of nitrogens with zero attached hydrogens (tertiary/aromatic N) is 2. The van der Waals surface area contributed by atoms with Crippen molar-refractivity contribution in [2.45, 2.75) is 25.8 Å². The van der Waals surface area contributed by atoms with Crippen molar-refractivity contribution in [3.63, 3.8) is 0 Å². The first-order valence-corrected chi connectivity index (χ1v) is 7.38. The predicted octanol–water partition coefficient (Wildman–Crippen LogP) is 2.83. The van der Waals surface area contributed by atoms with Crippen LogP contribution in [0.15, 0.2) is 18.3 Å². The summed E-state index contributed by atoms with van der Waals surface area (Å²) in [6.07, 6.45) is 3.24. The van der Waals surface area contributed by atoms with Crippen molar-refractivity contribution in [1.29, 1.82) is 0 Å². The Balaban J connectivity index is 0.00000192. The zero-order valence-electron chi connectivity index (χ0n) is 13.1. The smallest absolute Gasteiger partial charge is 0.168 e. The maximum Gasteiger partial charge on any atom is 0.168 e. The number of nitrogens with one attached hydrogen (secondary N) is 1. The van der Waals surface area contributed by atoms with Crippen molar-refractivity contribution in [2.75, 3.05) is 20.2 Å². The van der Waals surface area contributed by atoms with Gasteiger partial charge in [-0.3, -0.25) is 0 Å². The molecule has 23 heavy (non-hydrogen) atoms. The van der Waals surface area contributed by atoms with Gasteiger partial charge in [-0.25, -0.2) is 13.8 Å². The van der Waals surface area contributed by atoms with Gasteiger partial charge < -0.3 is 14.6 Å². The summed E-state index contributed by atoms with van der Waals surface area (Å²) in [5, 5.41) is 3.11. The second kappa shape index (κ2) is 7.27. The van der Waals surface area contributed by atoms with Crippen LogP contribution in [0.4, 0.5) is 8.78 Å². The van der Waals surface area contributed by atoms with E-state index < -0.39 is 11.6 Å². The van der Waals surface area contributed by atoms with Gasteiger partial charge in [0.1, 0.15) is 18.2 Å². The highest BCUT2D eigenvalue weighted by atomic mass is 35.5. The Hall–Kier alpha value is -1.66. The van der Waals surface area contributed by atoms with Crippen LogP contribution in [-0.4, -0.2) is 29.8 Å². The Kier molecular flexibility index (Phi) is 5.59. The van der Waals surface area contributed by atoms with Crippen LogP contribution in [0.3, 0.4) is 0 Å².